The fourth-order valence-corrected chi connectivity index (χ4v) is 3.26. The van der Waals surface area contributed by atoms with Crippen molar-refractivity contribution >= 4 is 34.7 Å². The SMILES string of the molecule is CCOc1ccc(C2=C(Nc3ccc(Cl)cc3C)C(=O)N(CC)C2=O)cc1. The summed E-state index contributed by atoms with van der Waals surface area (Å²) >= 11 is 6.02. The Hall–Kier alpha value is -2.79. The van der Waals surface area contributed by atoms with Crippen LogP contribution >= 0.6 is 11.6 Å². The number of imide groups is 1. The summed E-state index contributed by atoms with van der Waals surface area (Å²) in [5, 5.41) is 3.76. The van der Waals surface area contributed by atoms with Crippen molar-refractivity contribution in [3.63, 3.8) is 0 Å². The van der Waals surface area contributed by atoms with Crippen LogP contribution in [0.4, 0.5) is 5.69 Å². The van der Waals surface area contributed by atoms with Crippen LogP contribution in [0.1, 0.15) is 25.0 Å². The van der Waals surface area contributed by atoms with E-state index in [1.807, 2.05) is 13.8 Å². The summed E-state index contributed by atoms with van der Waals surface area (Å²) in [5.74, 6) is 0.0792. The maximum atomic E-state index is 12.9. The number of ether oxygens (including phenoxy) is 1. The Bertz CT molecular complexity index is 920. The fourth-order valence-electron chi connectivity index (χ4n) is 3.03. The Balaban J connectivity index is 2.05. The molecule has 0 atom stereocenters. The van der Waals surface area contributed by atoms with Gasteiger partial charge in [0.2, 0.25) is 0 Å². The van der Waals surface area contributed by atoms with Gasteiger partial charge in [-0.2, -0.15) is 0 Å². The standard InChI is InChI=1S/C21H21ClN2O3/c1-4-24-20(25)18(14-6-9-16(10-7-14)27-5-2)19(21(24)26)23-17-11-8-15(22)12-13(17)3/h6-12,23H,4-5H2,1-3H3. The number of hydrogen-bond acceptors (Lipinski definition) is 4. The summed E-state index contributed by atoms with van der Waals surface area (Å²) in [6.45, 7) is 6.45. The lowest BCUT2D eigenvalue weighted by Crippen LogP contribution is -2.32. The van der Waals surface area contributed by atoms with Gasteiger partial charge in [0.1, 0.15) is 11.4 Å². The molecule has 0 unspecified atom stereocenters. The number of likely N-dealkylation sites (N-methyl/N-ethyl adjacent to an activating group) is 1. The molecule has 0 saturated carbocycles. The lowest BCUT2D eigenvalue weighted by molar-refractivity contribution is -0.136. The van der Waals surface area contributed by atoms with Crippen LogP contribution in [0.2, 0.25) is 5.02 Å². The minimum Gasteiger partial charge on any atom is -0.494 e. The molecule has 1 heterocycles. The molecule has 2 aromatic carbocycles. The van der Waals surface area contributed by atoms with Gasteiger partial charge in [-0.25, -0.2) is 0 Å². The average molecular weight is 385 g/mol. The van der Waals surface area contributed by atoms with Crippen molar-refractivity contribution in [1.82, 2.24) is 4.90 Å². The first-order valence-electron chi connectivity index (χ1n) is 8.83. The van der Waals surface area contributed by atoms with Gasteiger partial charge >= 0.3 is 0 Å². The maximum Gasteiger partial charge on any atom is 0.278 e. The summed E-state index contributed by atoms with van der Waals surface area (Å²) in [4.78, 5) is 26.9. The van der Waals surface area contributed by atoms with Crippen LogP contribution in [0.3, 0.4) is 0 Å². The molecule has 2 aromatic rings. The van der Waals surface area contributed by atoms with E-state index in [0.717, 1.165) is 11.3 Å². The van der Waals surface area contributed by atoms with Gasteiger partial charge in [0.05, 0.1) is 12.2 Å². The van der Waals surface area contributed by atoms with Crippen molar-refractivity contribution in [2.24, 2.45) is 0 Å². The van der Waals surface area contributed by atoms with E-state index in [1.165, 1.54) is 4.90 Å². The van der Waals surface area contributed by atoms with Crippen molar-refractivity contribution in [3.8, 4) is 5.75 Å². The van der Waals surface area contributed by atoms with E-state index in [1.54, 1.807) is 49.4 Å². The molecule has 0 spiro atoms. The molecule has 0 fully saturated rings. The molecular formula is C21H21ClN2O3. The number of anilines is 1. The molecule has 140 valence electrons. The summed E-state index contributed by atoms with van der Waals surface area (Å²) in [6, 6.07) is 12.5. The van der Waals surface area contributed by atoms with Gasteiger partial charge in [0, 0.05) is 17.3 Å². The fraction of sp³-hybridized carbons (Fsp3) is 0.238. The summed E-state index contributed by atoms with van der Waals surface area (Å²) in [6.07, 6.45) is 0. The van der Waals surface area contributed by atoms with Crippen LogP contribution < -0.4 is 10.1 Å². The van der Waals surface area contributed by atoms with E-state index in [0.29, 0.717) is 35.1 Å². The molecule has 0 saturated heterocycles. The highest BCUT2D eigenvalue weighted by Gasteiger charge is 2.38. The molecular weight excluding hydrogens is 364 g/mol. The van der Waals surface area contributed by atoms with Crippen molar-refractivity contribution in [3.05, 3.63) is 64.3 Å². The third-order valence-electron chi connectivity index (χ3n) is 4.39. The highest BCUT2D eigenvalue weighted by Crippen LogP contribution is 2.32. The first kappa shape index (κ1) is 19.0. The smallest absolute Gasteiger partial charge is 0.278 e. The third kappa shape index (κ3) is 3.69. The molecule has 0 radical (unpaired) electrons. The minimum atomic E-state index is -0.333. The van der Waals surface area contributed by atoms with Gasteiger partial charge in [-0.15, -0.1) is 0 Å². The van der Waals surface area contributed by atoms with Crippen molar-refractivity contribution in [1.29, 1.82) is 0 Å². The predicted molar refractivity (Wildman–Crippen MR) is 107 cm³/mol. The Labute approximate surface area is 163 Å². The predicted octanol–water partition coefficient (Wildman–Crippen LogP) is 4.26. The monoisotopic (exact) mass is 384 g/mol. The maximum absolute atomic E-state index is 12.9. The van der Waals surface area contributed by atoms with Crippen LogP contribution in [0.25, 0.3) is 5.57 Å². The summed E-state index contributed by atoms with van der Waals surface area (Å²) in [7, 11) is 0. The zero-order valence-electron chi connectivity index (χ0n) is 15.5. The molecule has 1 aliphatic rings. The zero-order chi connectivity index (χ0) is 19.6. The number of rotatable bonds is 6. The topological polar surface area (TPSA) is 58.6 Å². The molecule has 3 rings (SSSR count). The second-order valence-corrected chi connectivity index (χ2v) is 6.58. The minimum absolute atomic E-state index is 0.274. The van der Waals surface area contributed by atoms with Crippen LogP contribution in [0.15, 0.2) is 48.2 Å². The lowest BCUT2D eigenvalue weighted by Gasteiger charge is -2.13. The van der Waals surface area contributed by atoms with Crippen LogP contribution in [0.5, 0.6) is 5.75 Å². The van der Waals surface area contributed by atoms with E-state index >= 15 is 0 Å². The van der Waals surface area contributed by atoms with Crippen molar-refractivity contribution in [2.45, 2.75) is 20.8 Å². The summed E-state index contributed by atoms with van der Waals surface area (Å²) in [5.41, 5.74) is 2.92. The molecule has 5 nitrogen and oxygen atoms in total. The molecule has 0 bridgehead atoms. The quantitative estimate of drug-likeness (QED) is 0.756. The number of hydrogen-bond donors (Lipinski definition) is 1. The summed E-state index contributed by atoms with van der Waals surface area (Å²) < 4.78 is 5.46. The Morgan fingerprint density at radius 3 is 2.33 bits per heavy atom. The molecule has 6 heteroatoms. The normalized spacial score (nSPS) is 14.1. The highest BCUT2D eigenvalue weighted by atomic mass is 35.5. The van der Waals surface area contributed by atoms with Gasteiger partial charge < -0.3 is 10.1 Å². The molecule has 0 aromatic heterocycles. The Kier molecular flexibility index (Phi) is 5.51. The zero-order valence-corrected chi connectivity index (χ0v) is 16.3. The number of carbonyl (C=O) groups excluding carboxylic acids is 2. The number of halogens is 1. The molecule has 2 amide bonds. The molecule has 1 N–H and O–H groups in total. The largest absolute Gasteiger partial charge is 0.494 e. The Morgan fingerprint density at radius 2 is 1.74 bits per heavy atom. The third-order valence-corrected chi connectivity index (χ3v) is 4.62. The Morgan fingerprint density at radius 1 is 1.04 bits per heavy atom. The first-order chi connectivity index (χ1) is 13.0. The van der Waals surface area contributed by atoms with E-state index in [9.17, 15) is 9.59 Å². The number of nitrogens with one attached hydrogen (secondary N) is 1. The number of aryl methyl sites for hydroxylation is 1. The van der Waals surface area contributed by atoms with Gasteiger partial charge in [-0.05, 0) is 62.2 Å². The van der Waals surface area contributed by atoms with Gasteiger partial charge in [-0.3, -0.25) is 14.5 Å². The van der Waals surface area contributed by atoms with Gasteiger partial charge in [0.15, 0.2) is 0 Å². The van der Waals surface area contributed by atoms with Crippen molar-refractivity contribution in [2.75, 3.05) is 18.5 Å². The molecule has 1 aliphatic heterocycles. The average Bonchev–Trinajstić information content (AvgIpc) is 2.88. The van der Waals surface area contributed by atoms with Gasteiger partial charge in [0.25, 0.3) is 11.8 Å². The van der Waals surface area contributed by atoms with E-state index in [4.69, 9.17) is 16.3 Å². The highest BCUT2D eigenvalue weighted by molar-refractivity contribution is 6.36. The van der Waals surface area contributed by atoms with Gasteiger partial charge in [-0.1, -0.05) is 23.7 Å². The van der Waals surface area contributed by atoms with E-state index in [2.05, 4.69) is 5.32 Å². The second-order valence-electron chi connectivity index (χ2n) is 6.15. The van der Waals surface area contributed by atoms with E-state index < -0.39 is 0 Å². The second kappa shape index (κ2) is 7.84. The number of nitrogens with zero attached hydrogens (tertiary/aromatic N) is 1. The molecule has 0 aliphatic carbocycles. The number of benzene rings is 2. The van der Waals surface area contributed by atoms with Crippen LogP contribution in [-0.4, -0.2) is 29.9 Å². The number of carbonyl (C=O) groups is 2. The van der Waals surface area contributed by atoms with E-state index in [-0.39, 0.29) is 17.5 Å². The lowest BCUT2D eigenvalue weighted by atomic mass is 10.0. The van der Waals surface area contributed by atoms with Crippen LogP contribution in [0, 0.1) is 6.92 Å². The molecule has 27 heavy (non-hydrogen) atoms. The van der Waals surface area contributed by atoms with Crippen LogP contribution in [-0.2, 0) is 9.59 Å². The number of amides is 2. The first-order valence-corrected chi connectivity index (χ1v) is 9.21. The van der Waals surface area contributed by atoms with Crippen molar-refractivity contribution < 1.29 is 14.3 Å².